The van der Waals surface area contributed by atoms with Gasteiger partial charge in [0.25, 0.3) is 0 Å². The molecule has 0 fully saturated rings. The summed E-state index contributed by atoms with van der Waals surface area (Å²) in [6.45, 7) is 13.9. The van der Waals surface area contributed by atoms with Crippen LogP contribution in [0.3, 0.4) is 0 Å². The second kappa shape index (κ2) is 11.6. The van der Waals surface area contributed by atoms with E-state index in [1.165, 1.54) is 4.80 Å². The average Bonchev–Trinajstić information content (AvgIpc) is 3.19. The molecule has 24 heavy (non-hydrogen) atoms. The van der Waals surface area contributed by atoms with Crippen LogP contribution in [-0.2, 0) is 24.8 Å². The number of nitrogens with zero attached hydrogens (tertiary/aromatic N) is 6. The van der Waals surface area contributed by atoms with Crippen LogP contribution in [0.5, 0.6) is 0 Å². The highest BCUT2D eigenvalue weighted by atomic mass is 16.5. The number of aromatic nitrogens is 6. The highest BCUT2D eigenvalue weighted by Crippen LogP contribution is 2.18. The molecule has 0 aliphatic rings. The maximum Gasteiger partial charge on any atom is 0.227 e. The van der Waals surface area contributed by atoms with Gasteiger partial charge in [-0.3, -0.25) is 0 Å². The molecule has 9 heteroatoms. The van der Waals surface area contributed by atoms with Crippen LogP contribution in [0.1, 0.15) is 59.1 Å². The molecule has 2 aromatic heterocycles. The van der Waals surface area contributed by atoms with Crippen molar-refractivity contribution in [3.8, 4) is 0 Å². The van der Waals surface area contributed by atoms with Crippen molar-refractivity contribution < 1.29 is 4.52 Å². The van der Waals surface area contributed by atoms with Crippen molar-refractivity contribution in [2.45, 2.75) is 66.3 Å². The zero-order valence-corrected chi connectivity index (χ0v) is 15.8. The average molecular weight is 340 g/mol. The Morgan fingerprint density at radius 1 is 1.12 bits per heavy atom. The first kappa shape index (κ1) is 22.1. The van der Waals surface area contributed by atoms with Crippen LogP contribution in [0.4, 0.5) is 0 Å². The Hall–Kier alpha value is -1.87. The van der Waals surface area contributed by atoms with E-state index in [-0.39, 0.29) is 5.41 Å². The zero-order valence-electron chi connectivity index (χ0n) is 15.8. The van der Waals surface area contributed by atoms with Crippen molar-refractivity contribution in [2.24, 2.45) is 11.5 Å². The van der Waals surface area contributed by atoms with Crippen molar-refractivity contribution in [3.05, 3.63) is 17.5 Å². The monoisotopic (exact) mass is 340 g/mol. The number of aryl methyl sites for hydroxylation is 1. The molecule has 0 aliphatic carbocycles. The SMILES string of the molecule is CC.CC(C)(C)c1noc(CCN)n1.CCc1nnn(CCN)n1. The Bertz CT molecular complexity index is 544. The predicted molar refractivity (Wildman–Crippen MR) is 93.4 cm³/mol. The zero-order chi connectivity index (χ0) is 18.6. The van der Waals surface area contributed by atoms with Crippen LogP contribution in [-0.4, -0.2) is 43.4 Å². The summed E-state index contributed by atoms with van der Waals surface area (Å²) < 4.78 is 4.99. The van der Waals surface area contributed by atoms with E-state index in [2.05, 4.69) is 25.6 Å². The molecule has 2 aromatic rings. The van der Waals surface area contributed by atoms with Crippen molar-refractivity contribution in [2.75, 3.05) is 13.1 Å². The van der Waals surface area contributed by atoms with E-state index in [1.54, 1.807) is 0 Å². The minimum Gasteiger partial charge on any atom is -0.339 e. The summed E-state index contributed by atoms with van der Waals surface area (Å²) in [6.07, 6.45) is 1.48. The Morgan fingerprint density at radius 3 is 2.21 bits per heavy atom. The second-order valence-corrected chi connectivity index (χ2v) is 5.74. The van der Waals surface area contributed by atoms with Crippen LogP contribution >= 0.6 is 0 Å². The van der Waals surface area contributed by atoms with Crippen LogP contribution in [0.15, 0.2) is 4.52 Å². The number of hydrogen-bond acceptors (Lipinski definition) is 8. The van der Waals surface area contributed by atoms with Gasteiger partial charge in [0.1, 0.15) is 0 Å². The van der Waals surface area contributed by atoms with Gasteiger partial charge < -0.3 is 16.0 Å². The van der Waals surface area contributed by atoms with E-state index in [1.807, 2.05) is 41.5 Å². The fourth-order valence-corrected chi connectivity index (χ4v) is 1.41. The Morgan fingerprint density at radius 2 is 1.79 bits per heavy atom. The third-order valence-electron chi connectivity index (χ3n) is 2.64. The third kappa shape index (κ3) is 8.11. The number of nitrogens with two attached hydrogens (primary N) is 2. The standard InChI is InChI=1S/C8H15N3O.C5H11N5.C2H6/c1-8(2,3)7-10-6(4-5-9)12-11-7;1-2-5-7-9-10(8-5)4-3-6;1-2/h4-5,9H2,1-3H3;2-4,6H2,1H3;1-2H3. The molecule has 0 radical (unpaired) electrons. The molecule has 0 spiro atoms. The molecule has 0 bridgehead atoms. The summed E-state index contributed by atoms with van der Waals surface area (Å²) >= 11 is 0. The van der Waals surface area contributed by atoms with E-state index in [0.717, 1.165) is 18.1 Å². The summed E-state index contributed by atoms with van der Waals surface area (Å²) in [5.74, 6) is 2.14. The normalized spacial score (nSPS) is 10.5. The first-order valence-corrected chi connectivity index (χ1v) is 8.40. The van der Waals surface area contributed by atoms with Gasteiger partial charge in [-0.15, -0.1) is 10.2 Å². The molecule has 138 valence electrons. The van der Waals surface area contributed by atoms with Crippen LogP contribution < -0.4 is 11.5 Å². The molecule has 0 atom stereocenters. The molecule has 0 saturated carbocycles. The molecular weight excluding hydrogens is 308 g/mol. The highest BCUT2D eigenvalue weighted by Gasteiger charge is 2.20. The van der Waals surface area contributed by atoms with E-state index in [0.29, 0.717) is 31.9 Å². The topological polar surface area (TPSA) is 135 Å². The van der Waals surface area contributed by atoms with E-state index in [4.69, 9.17) is 16.0 Å². The van der Waals surface area contributed by atoms with Gasteiger partial charge in [-0.05, 0) is 5.21 Å². The van der Waals surface area contributed by atoms with Gasteiger partial charge in [0.15, 0.2) is 11.6 Å². The third-order valence-corrected chi connectivity index (χ3v) is 2.64. The maximum absolute atomic E-state index is 5.35. The van der Waals surface area contributed by atoms with Crippen LogP contribution in [0, 0.1) is 0 Å². The minimum absolute atomic E-state index is 0.0453. The molecule has 0 aliphatic heterocycles. The molecule has 4 N–H and O–H groups in total. The molecule has 9 nitrogen and oxygen atoms in total. The molecule has 2 heterocycles. The predicted octanol–water partition coefficient (Wildman–Crippen LogP) is 1.09. The summed E-state index contributed by atoms with van der Waals surface area (Å²) in [7, 11) is 0. The van der Waals surface area contributed by atoms with Gasteiger partial charge >= 0.3 is 0 Å². The highest BCUT2D eigenvalue weighted by molar-refractivity contribution is 4.99. The van der Waals surface area contributed by atoms with Crippen molar-refractivity contribution >= 4 is 0 Å². The molecule has 0 amide bonds. The van der Waals surface area contributed by atoms with E-state index >= 15 is 0 Å². The van der Waals surface area contributed by atoms with Gasteiger partial charge in [0.05, 0.1) is 6.54 Å². The number of hydrogen-bond donors (Lipinski definition) is 2. The lowest BCUT2D eigenvalue weighted by Crippen LogP contribution is -2.13. The minimum atomic E-state index is -0.0453. The summed E-state index contributed by atoms with van der Waals surface area (Å²) in [5, 5.41) is 15.4. The van der Waals surface area contributed by atoms with Crippen molar-refractivity contribution in [3.63, 3.8) is 0 Å². The smallest absolute Gasteiger partial charge is 0.227 e. The molecule has 0 saturated heterocycles. The lowest BCUT2D eigenvalue weighted by Gasteiger charge is -2.10. The summed E-state index contributed by atoms with van der Waals surface area (Å²) in [6, 6.07) is 0. The molecule has 2 rings (SSSR count). The second-order valence-electron chi connectivity index (χ2n) is 5.74. The molecule has 0 unspecified atom stereocenters. The largest absolute Gasteiger partial charge is 0.339 e. The Balaban J connectivity index is 0.000000405. The summed E-state index contributed by atoms with van der Waals surface area (Å²) in [5.41, 5.74) is 10.6. The van der Waals surface area contributed by atoms with Crippen molar-refractivity contribution in [1.82, 2.24) is 30.3 Å². The quantitative estimate of drug-likeness (QED) is 0.825. The van der Waals surface area contributed by atoms with Gasteiger partial charge in [-0.2, -0.15) is 9.78 Å². The van der Waals surface area contributed by atoms with Gasteiger partial charge in [-0.25, -0.2) is 0 Å². The first-order valence-electron chi connectivity index (χ1n) is 8.40. The van der Waals surface area contributed by atoms with Crippen LogP contribution in [0.25, 0.3) is 0 Å². The lowest BCUT2D eigenvalue weighted by molar-refractivity contribution is 0.364. The van der Waals surface area contributed by atoms with Crippen molar-refractivity contribution in [1.29, 1.82) is 0 Å². The van der Waals surface area contributed by atoms with Gasteiger partial charge in [0.2, 0.25) is 5.89 Å². The van der Waals surface area contributed by atoms with E-state index in [9.17, 15) is 0 Å². The summed E-state index contributed by atoms with van der Waals surface area (Å²) in [4.78, 5) is 5.73. The fraction of sp³-hybridized carbons (Fsp3) is 0.800. The van der Waals surface area contributed by atoms with Gasteiger partial charge in [0, 0.05) is 31.3 Å². The van der Waals surface area contributed by atoms with E-state index < -0.39 is 0 Å². The van der Waals surface area contributed by atoms with Crippen LogP contribution in [0.2, 0.25) is 0 Å². The Labute approximate surface area is 144 Å². The number of rotatable bonds is 5. The maximum atomic E-state index is 5.35. The molecule has 0 aromatic carbocycles. The molecular formula is C15H32N8O. The first-order chi connectivity index (χ1) is 11.4. The van der Waals surface area contributed by atoms with Gasteiger partial charge in [-0.1, -0.05) is 46.7 Å². The number of tetrazole rings is 1. The Kier molecular flexibility index (Phi) is 10.7. The lowest BCUT2D eigenvalue weighted by atomic mass is 9.96. The fourth-order valence-electron chi connectivity index (χ4n) is 1.41.